The van der Waals surface area contributed by atoms with Crippen LogP contribution in [0.5, 0.6) is 0 Å². The maximum atomic E-state index is 13.9. The molecule has 16 nitrogen and oxygen atoms in total. The summed E-state index contributed by atoms with van der Waals surface area (Å²) in [5, 5.41) is 16.2. The van der Waals surface area contributed by atoms with Gasteiger partial charge in [0.15, 0.2) is 6.23 Å². The summed E-state index contributed by atoms with van der Waals surface area (Å²) in [6.07, 6.45) is -0.478. The first kappa shape index (κ1) is 41.3. The third-order valence-electron chi connectivity index (χ3n) is 10.9. The Morgan fingerprint density at radius 1 is 0.967 bits per heavy atom. The van der Waals surface area contributed by atoms with Gasteiger partial charge in [-0.2, -0.15) is 22.6 Å². The number of halogens is 3. The van der Waals surface area contributed by atoms with Crippen molar-refractivity contribution in [1.29, 1.82) is 0 Å². The number of hydrogen-bond donors (Lipinski definition) is 4. The van der Waals surface area contributed by atoms with Crippen LogP contribution in [0.3, 0.4) is 0 Å². The molecule has 0 bridgehead atoms. The molecule has 318 valence electrons. The Morgan fingerprint density at radius 3 is 2.42 bits per heavy atom. The zero-order valence-corrected chi connectivity index (χ0v) is 33.9. The monoisotopic (exact) mass is 850 g/mol. The maximum absolute atomic E-state index is 13.9. The predicted octanol–water partition coefficient (Wildman–Crippen LogP) is 4.66. The molecule has 3 unspecified atom stereocenters. The minimum absolute atomic E-state index is 0.0567. The Kier molecular flexibility index (Phi) is 10.9. The average molecular weight is 851 g/mol. The van der Waals surface area contributed by atoms with E-state index in [0.29, 0.717) is 62.5 Å². The number of benzene rings is 2. The number of fused-ring (bicyclic) bond motifs is 3. The number of rotatable bonds is 12. The Labute approximate surface area is 344 Å². The number of carbonyl (C=O) groups is 3. The van der Waals surface area contributed by atoms with Crippen LogP contribution >= 0.6 is 0 Å². The van der Waals surface area contributed by atoms with Crippen LogP contribution in [0.15, 0.2) is 66.0 Å². The molecule has 3 saturated heterocycles. The number of imide groups is 1. The van der Waals surface area contributed by atoms with Crippen molar-refractivity contribution in [2.24, 2.45) is 5.41 Å². The summed E-state index contributed by atoms with van der Waals surface area (Å²) in [6.45, 7) is 8.06. The minimum atomic E-state index is -4.70. The van der Waals surface area contributed by atoms with E-state index in [1.54, 1.807) is 10.7 Å². The average Bonchev–Trinajstić information content (AvgIpc) is 3.86. The van der Waals surface area contributed by atoms with Crippen LogP contribution < -0.4 is 21.3 Å². The van der Waals surface area contributed by atoms with E-state index in [2.05, 4.69) is 36.3 Å². The third-order valence-corrected chi connectivity index (χ3v) is 12.8. The quantitative estimate of drug-likeness (QED) is 0.0876. The fourth-order valence-corrected chi connectivity index (χ4v) is 9.41. The number of nitrogens with one attached hydrogen (secondary N) is 4. The van der Waals surface area contributed by atoms with Gasteiger partial charge in [0.05, 0.1) is 22.3 Å². The van der Waals surface area contributed by atoms with Gasteiger partial charge < -0.3 is 20.7 Å². The smallest absolute Gasteiger partial charge is 0.383 e. The van der Waals surface area contributed by atoms with E-state index in [-0.39, 0.29) is 64.3 Å². The van der Waals surface area contributed by atoms with Gasteiger partial charge in [0.1, 0.15) is 17.7 Å². The van der Waals surface area contributed by atoms with Gasteiger partial charge in [-0.1, -0.05) is 32.9 Å². The third kappa shape index (κ3) is 8.59. The highest BCUT2D eigenvalue weighted by molar-refractivity contribution is 7.89. The van der Waals surface area contributed by atoms with Gasteiger partial charge in [0.25, 0.3) is 5.91 Å². The topological polar surface area (TPSA) is 196 Å². The first-order valence-electron chi connectivity index (χ1n) is 19.7. The number of carbonyl (C=O) groups excluding carboxylic acids is 3. The van der Waals surface area contributed by atoms with Crippen molar-refractivity contribution in [3.8, 4) is 11.3 Å². The molecule has 0 saturated carbocycles. The first-order chi connectivity index (χ1) is 28.5. The van der Waals surface area contributed by atoms with E-state index >= 15 is 0 Å². The van der Waals surface area contributed by atoms with Crippen molar-refractivity contribution >= 4 is 45.1 Å². The summed E-state index contributed by atoms with van der Waals surface area (Å²) in [7, 11) is -3.83. The molecule has 20 heteroatoms. The summed E-state index contributed by atoms with van der Waals surface area (Å²) >= 11 is 0. The largest absolute Gasteiger partial charge is 0.419 e. The molecular weight excluding hydrogens is 806 g/mol. The van der Waals surface area contributed by atoms with Crippen LogP contribution in [0.1, 0.15) is 74.0 Å². The lowest BCUT2D eigenvalue weighted by Crippen LogP contribution is -2.56. The predicted molar refractivity (Wildman–Crippen MR) is 212 cm³/mol. The molecule has 2 aromatic carbocycles. The summed E-state index contributed by atoms with van der Waals surface area (Å²) < 4.78 is 77.8. The summed E-state index contributed by atoms with van der Waals surface area (Å²) in [6, 6.07) is 10.6. The van der Waals surface area contributed by atoms with Gasteiger partial charge >= 0.3 is 6.18 Å². The molecule has 60 heavy (non-hydrogen) atoms. The van der Waals surface area contributed by atoms with Gasteiger partial charge in [-0.15, -0.1) is 0 Å². The number of hydrogen-bond acceptors (Lipinski definition) is 12. The lowest BCUT2D eigenvalue weighted by Gasteiger charge is -2.34. The summed E-state index contributed by atoms with van der Waals surface area (Å²) in [5.41, 5.74) is 0.905. The standard InChI is InChI=1S/C40H45F3N10O6S/c1-39(2,3)22-51-21-23(19-47-51)33-28(40(41,42)43)20-46-38(50-33)48-25-7-9-26(10-8-25)60(57,58)52-17-13-24(14-18-52)44-15-16-45-29-6-4-5-27-32(29)36(56)53(37-34(27)59-37)30-11-12-31(54)49-35(30)55/h4-10,19-21,24,30,34,37,44-45H,11-18,22H2,1-3H3,(H,46,48,50)(H,49,54,55). The molecule has 3 atom stereocenters. The number of amides is 3. The lowest BCUT2D eigenvalue weighted by atomic mass is 9.94. The molecule has 0 aliphatic carbocycles. The number of epoxide rings is 1. The molecule has 6 heterocycles. The van der Waals surface area contributed by atoms with Crippen molar-refractivity contribution in [2.75, 3.05) is 36.8 Å². The fourth-order valence-electron chi connectivity index (χ4n) is 7.94. The second-order valence-electron chi connectivity index (χ2n) is 16.5. The van der Waals surface area contributed by atoms with Gasteiger partial charge in [0, 0.05) is 80.1 Å². The number of aromatic nitrogens is 4. The van der Waals surface area contributed by atoms with E-state index in [1.807, 2.05) is 32.9 Å². The zero-order chi connectivity index (χ0) is 42.6. The number of alkyl halides is 3. The number of anilines is 3. The van der Waals surface area contributed by atoms with Crippen LogP contribution in [0.25, 0.3) is 11.3 Å². The van der Waals surface area contributed by atoms with E-state index < -0.39 is 39.9 Å². The van der Waals surface area contributed by atoms with E-state index in [4.69, 9.17) is 4.74 Å². The number of ether oxygens (including phenoxy) is 1. The van der Waals surface area contributed by atoms with Crippen LogP contribution in [-0.2, 0) is 37.1 Å². The highest BCUT2D eigenvalue weighted by atomic mass is 32.2. The summed E-state index contributed by atoms with van der Waals surface area (Å²) in [5.74, 6) is -1.28. The highest BCUT2D eigenvalue weighted by Crippen LogP contribution is 2.50. The molecule has 4 aromatic rings. The Morgan fingerprint density at radius 2 is 1.72 bits per heavy atom. The van der Waals surface area contributed by atoms with Crippen molar-refractivity contribution in [2.45, 2.75) is 88.5 Å². The van der Waals surface area contributed by atoms with Crippen LogP contribution in [0, 0.1) is 5.41 Å². The van der Waals surface area contributed by atoms with E-state index in [9.17, 15) is 36.0 Å². The van der Waals surface area contributed by atoms with Crippen molar-refractivity contribution in [3.05, 3.63) is 77.7 Å². The Bertz CT molecular complexity index is 2410. The zero-order valence-electron chi connectivity index (χ0n) is 33.1. The molecular formula is C40H45F3N10O6S. The van der Waals surface area contributed by atoms with Crippen LogP contribution in [0.2, 0.25) is 0 Å². The molecule has 3 amide bonds. The number of nitrogens with zero attached hydrogens (tertiary/aromatic N) is 6. The summed E-state index contributed by atoms with van der Waals surface area (Å²) in [4.78, 5) is 47.7. The Hall–Kier alpha value is -5.44. The lowest BCUT2D eigenvalue weighted by molar-refractivity contribution is -0.138. The molecule has 0 radical (unpaired) electrons. The SMILES string of the molecule is CC(C)(C)Cn1cc(-c2nc(Nc3ccc(S(=O)(=O)N4CCC(NCCNc5cccc6c5C(=O)N(C5CCC(=O)NC5=O)C5OC65)CC4)cc3)ncc2C(F)(F)F)cn1. The molecule has 4 aliphatic rings. The van der Waals surface area contributed by atoms with Crippen LogP contribution in [-0.4, -0.2) is 99.6 Å². The Balaban J connectivity index is 0.840. The molecule has 2 aromatic heterocycles. The van der Waals surface area contributed by atoms with Crippen molar-refractivity contribution in [3.63, 3.8) is 0 Å². The minimum Gasteiger partial charge on any atom is -0.383 e. The van der Waals surface area contributed by atoms with Crippen LogP contribution in [0.4, 0.5) is 30.5 Å². The second-order valence-corrected chi connectivity index (χ2v) is 18.5. The van der Waals surface area contributed by atoms with Gasteiger partial charge in [-0.3, -0.25) is 29.3 Å². The first-order valence-corrected chi connectivity index (χ1v) is 21.2. The molecule has 0 spiro atoms. The van der Waals surface area contributed by atoms with Crippen molar-refractivity contribution in [1.82, 2.24) is 39.6 Å². The highest BCUT2D eigenvalue weighted by Gasteiger charge is 2.57. The molecule has 8 rings (SSSR count). The van der Waals surface area contributed by atoms with Crippen molar-refractivity contribution < 1.29 is 40.7 Å². The van der Waals surface area contributed by atoms with Gasteiger partial charge in [-0.05, 0) is 55.0 Å². The van der Waals surface area contributed by atoms with Gasteiger partial charge in [-0.25, -0.2) is 18.4 Å². The molecule has 4 aliphatic heterocycles. The molecule has 4 N–H and O–H groups in total. The normalized spacial score (nSPS) is 21.3. The number of piperidine rings is 2. The molecule has 3 fully saturated rings. The van der Waals surface area contributed by atoms with E-state index in [0.717, 1.165) is 11.8 Å². The number of sulfonamides is 1. The second kappa shape index (κ2) is 15.9. The fraction of sp³-hybridized carbons (Fsp3) is 0.450. The van der Waals surface area contributed by atoms with Gasteiger partial charge in [0.2, 0.25) is 27.8 Å². The maximum Gasteiger partial charge on any atom is 0.419 e. The van der Waals surface area contributed by atoms with E-state index in [1.165, 1.54) is 45.9 Å².